The number of rotatable bonds is 6. The number of amides is 1. The number of nitrogens with one attached hydrogen (secondary N) is 1. The predicted octanol–water partition coefficient (Wildman–Crippen LogP) is 6.36. The monoisotopic (exact) mass is 636 g/mol. The second-order valence-electron chi connectivity index (χ2n) is 8.62. The summed E-state index contributed by atoms with van der Waals surface area (Å²) >= 11 is 9.00. The normalized spacial score (nSPS) is 14.9. The number of hydrogen-bond donors (Lipinski definition) is 1. The second-order valence-corrected chi connectivity index (χ2v) is 9.88. The molecule has 1 aliphatic carbocycles. The molecule has 39 heavy (non-hydrogen) atoms. The van der Waals surface area contributed by atoms with Crippen LogP contribution in [0.25, 0.3) is 16.9 Å². The van der Waals surface area contributed by atoms with Gasteiger partial charge in [-0.15, -0.1) is 0 Å². The first-order valence-electron chi connectivity index (χ1n) is 10.8. The van der Waals surface area contributed by atoms with Crippen LogP contribution in [0.15, 0.2) is 41.1 Å². The van der Waals surface area contributed by atoms with E-state index in [1.807, 2.05) is 6.07 Å². The Kier molecular flexibility index (Phi) is 6.98. The van der Waals surface area contributed by atoms with Gasteiger partial charge in [-0.1, -0.05) is 17.7 Å². The maximum atomic E-state index is 14.9. The number of carbonyl (C=O) groups excluding carboxylic acids is 1. The van der Waals surface area contributed by atoms with E-state index in [0.29, 0.717) is 24.5 Å². The molecule has 2 aromatic heterocycles. The van der Waals surface area contributed by atoms with E-state index in [4.69, 9.17) is 16.9 Å². The molecule has 1 amide bonds. The molecule has 0 atom stereocenters. The number of carbonyl (C=O) groups is 1. The number of hydrogen-bond acceptors (Lipinski definition) is 4. The molecule has 7 nitrogen and oxygen atoms in total. The molecule has 16 heteroatoms. The molecule has 204 valence electrons. The molecule has 1 N–H and O–H groups in total. The van der Waals surface area contributed by atoms with Gasteiger partial charge in [-0.25, -0.2) is 9.07 Å². The van der Waals surface area contributed by atoms with E-state index in [9.17, 15) is 40.8 Å². The summed E-state index contributed by atoms with van der Waals surface area (Å²) in [5.41, 5.74) is -8.03. The summed E-state index contributed by atoms with van der Waals surface area (Å²) in [6.45, 7) is -1.07. The van der Waals surface area contributed by atoms with Gasteiger partial charge in [0.25, 0.3) is 5.91 Å². The molecule has 3 aromatic rings. The minimum absolute atomic E-state index is 0.0114. The molecule has 0 unspecified atom stereocenters. The van der Waals surface area contributed by atoms with Crippen molar-refractivity contribution in [3.8, 4) is 29.1 Å². The zero-order valence-corrected chi connectivity index (χ0v) is 21.5. The Bertz CT molecular complexity index is 1530. The van der Waals surface area contributed by atoms with Crippen LogP contribution >= 0.6 is 27.5 Å². The third-order valence-electron chi connectivity index (χ3n) is 6.05. The van der Waals surface area contributed by atoms with Crippen LogP contribution in [0.4, 0.5) is 30.7 Å². The van der Waals surface area contributed by atoms with Crippen molar-refractivity contribution in [2.75, 3.05) is 0 Å². The van der Waals surface area contributed by atoms with Gasteiger partial charge < -0.3 is 9.88 Å². The molecule has 4 rings (SSSR count). The maximum Gasteiger partial charge on any atom is 0.437 e. The molecule has 2 heterocycles. The van der Waals surface area contributed by atoms with Gasteiger partial charge >= 0.3 is 18.0 Å². The zero-order chi connectivity index (χ0) is 29.0. The standard InChI is InChI=1S/C23H13BrClF7N6O/c24-15-8-17(21(26,22(27,28)29)23(30,31)32)37(6-5-33)19(15)38-10-13(9-35-38)12-1-2-16(25)14(7-12)18(39)36-20(11-34)3-4-20/h1-2,7-10H,3-4,6H2,(H,36,39). The number of halogens is 9. The molecule has 0 radical (unpaired) electrons. The SMILES string of the molecule is N#CCn1c(C(F)(C(F)(F)F)C(F)(F)F)cc(Br)c1-n1cc(-c2ccc(Cl)c(C(=O)NC3(C#N)CC3)c2)cn1. The van der Waals surface area contributed by atoms with Gasteiger partial charge in [0.2, 0.25) is 0 Å². The first kappa shape index (κ1) is 28.4. The highest BCUT2D eigenvalue weighted by Gasteiger charge is 2.75. The quantitative estimate of drug-likeness (QED) is 0.318. The van der Waals surface area contributed by atoms with Crippen molar-refractivity contribution >= 4 is 33.4 Å². The van der Waals surface area contributed by atoms with Crippen LogP contribution in [0.2, 0.25) is 5.02 Å². The molecular weight excluding hydrogens is 625 g/mol. The van der Waals surface area contributed by atoms with Crippen LogP contribution in [0.5, 0.6) is 0 Å². The summed E-state index contributed by atoms with van der Waals surface area (Å²) < 4.78 is 96.3. The third-order valence-corrected chi connectivity index (χ3v) is 6.96. The molecule has 1 aromatic carbocycles. The van der Waals surface area contributed by atoms with E-state index < -0.39 is 52.0 Å². The Hall–Kier alpha value is -3.56. The first-order chi connectivity index (χ1) is 18.1. The van der Waals surface area contributed by atoms with Gasteiger partial charge in [0.15, 0.2) is 0 Å². The van der Waals surface area contributed by atoms with Crippen LogP contribution < -0.4 is 5.32 Å². The molecule has 1 fully saturated rings. The minimum Gasteiger partial charge on any atom is -0.334 e. The third kappa shape index (κ3) is 4.85. The molecular formula is C23H13BrClF7N6O. The molecule has 1 saturated carbocycles. The van der Waals surface area contributed by atoms with E-state index >= 15 is 0 Å². The summed E-state index contributed by atoms with van der Waals surface area (Å²) in [6.07, 6.45) is -9.46. The predicted molar refractivity (Wildman–Crippen MR) is 125 cm³/mol. The molecule has 0 aliphatic heterocycles. The minimum atomic E-state index is -6.40. The second kappa shape index (κ2) is 9.57. The summed E-state index contributed by atoms with van der Waals surface area (Å²) in [6, 6.07) is 7.96. The van der Waals surface area contributed by atoms with Crippen LogP contribution in [-0.4, -0.2) is 38.1 Å². The van der Waals surface area contributed by atoms with Crippen molar-refractivity contribution < 1.29 is 35.5 Å². The Morgan fingerprint density at radius 3 is 2.28 bits per heavy atom. The van der Waals surface area contributed by atoms with Gasteiger partial charge in [0.05, 0.1) is 39.1 Å². The Labute approximate surface area is 228 Å². The fourth-order valence-corrected chi connectivity index (χ4v) is 4.66. The van der Waals surface area contributed by atoms with Crippen molar-refractivity contribution in [1.29, 1.82) is 10.5 Å². The lowest BCUT2D eigenvalue weighted by molar-refractivity contribution is -0.350. The van der Waals surface area contributed by atoms with Crippen molar-refractivity contribution in [2.45, 2.75) is 42.9 Å². The Balaban J connectivity index is 1.78. The number of nitrogens with zero attached hydrogens (tertiary/aromatic N) is 5. The lowest BCUT2D eigenvalue weighted by atomic mass is 10.0. The smallest absolute Gasteiger partial charge is 0.334 e. The Morgan fingerprint density at radius 1 is 1.10 bits per heavy atom. The van der Waals surface area contributed by atoms with Gasteiger partial charge in [0.1, 0.15) is 17.9 Å². The lowest BCUT2D eigenvalue weighted by Crippen LogP contribution is -2.51. The molecule has 0 saturated heterocycles. The van der Waals surface area contributed by atoms with E-state index in [-0.39, 0.29) is 20.7 Å². The summed E-state index contributed by atoms with van der Waals surface area (Å²) in [7, 11) is 0. The largest absolute Gasteiger partial charge is 0.437 e. The molecule has 0 bridgehead atoms. The lowest BCUT2D eigenvalue weighted by Gasteiger charge is -2.30. The van der Waals surface area contributed by atoms with E-state index in [2.05, 4.69) is 26.3 Å². The summed E-state index contributed by atoms with van der Waals surface area (Å²) in [5.74, 6) is -1.10. The number of nitriles is 2. The highest BCUT2D eigenvalue weighted by molar-refractivity contribution is 9.10. The highest BCUT2D eigenvalue weighted by atomic mass is 79.9. The van der Waals surface area contributed by atoms with Crippen molar-refractivity contribution in [2.24, 2.45) is 0 Å². The summed E-state index contributed by atoms with van der Waals surface area (Å²) in [4.78, 5) is 12.7. The van der Waals surface area contributed by atoms with Crippen molar-refractivity contribution in [1.82, 2.24) is 19.7 Å². The maximum absolute atomic E-state index is 14.9. The summed E-state index contributed by atoms with van der Waals surface area (Å²) in [5, 5.41) is 24.9. The number of benzene rings is 1. The fourth-order valence-electron chi connectivity index (χ4n) is 3.85. The molecule has 1 aliphatic rings. The highest BCUT2D eigenvalue weighted by Crippen LogP contribution is 2.54. The molecule has 0 spiro atoms. The van der Waals surface area contributed by atoms with Crippen LogP contribution in [0.3, 0.4) is 0 Å². The van der Waals surface area contributed by atoms with Crippen molar-refractivity contribution in [3.05, 3.63) is 57.4 Å². The van der Waals surface area contributed by atoms with Crippen LogP contribution in [-0.2, 0) is 12.2 Å². The topological polar surface area (TPSA) is 99.4 Å². The van der Waals surface area contributed by atoms with Gasteiger partial charge in [-0.05, 0) is 52.5 Å². The average Bonchev–Trinajstić information content (AvgIpc) is 3.31. The van der Waals surface area contributed by atoms with E-state index in [1.165, 1.54) is 36.7 Å². The average molecular weight is 638 g/mol. The number of alkyl halides is 7. The first-order valence-corrected chi connectivity index (χ1v) is 11.9. The number of aromatic nitrogens is 3. The van der Waals surface area contributed by atoms with E-state index in [0.717, 1.165) is 4.68 Å². The van der Waals surface area contributed by atoms with Crippen molar-refractivity contribution in [3.63, 3.8) is 0 Å². The Morgan fingerprint density at radius 2 is 1.74 bits per heavy atom. The fraction of sp³-hybridized carbons (Fsp3) is 0.304. The van der Waals surface area contributed by atoms with Gasteiger partial charge in [-0.2, -0.15) is 42.0 Å². The van der Waals surface area contributed by atoms with Crippen LogP contribution in [0, 0.1) is 22.7 Å². The zero-order valence-electron chi connectivity index (χ0n) is 19.1. The van der Waals surface area contributed by atoms with E-state index in [1.54, 1.807) is 0 Å². The van der Waals surface area contributed by atoms with Gasteiger partial charge in [-0.3, -0.25) is 4.79 Å². The van der Waals surface area contributed by atoms with Gasteiger partial charge in [0, 0.05) is 11.8 Å². The van der Waals surface area contributed by atoms with Crippen LogP contribution in [0.1, 0.15) is 28.9 Å².